The zero-order valence-corrected chi connectivity index (χ0v) is 32.9. The van der Waals surface area contributed by atoms with Crippen LogP contribution in [-0.4, -0.2) is 119 Å². The summed E-state index contributed by atoms with van der Waals surface area (Å²) in [7, 11) is 0. The van der Waals surface area contributed by atoms with Gasteiger partial charge in [0.05, 0.1) is 0 Å². The number of benzene rings is 1. The lowest BCUT2D eigenvalue weighted by atomic mass is 9.86. The molecule has 57 heavy (non-hydrogen) atoms. The molecule has 1 aromatic rings. The number of piperidine rings is 1. The van der Waals surface area contributed by atoms with Crippen LogP contribution in [0.15, 0.2) is 18.2 Å². The molecule has 0 aromatic heterocycles. The van der Waals surface area contributed by atoms with Crippen molar-refractivity contribution in [3.8, 4) is 0 Å². The fourth-order valence-corrected chi connectivity index (χ4v) is 9.24. The molecule has 6 rings (SSSR count). The van der Waals surface area contributed by atoms with E-state index in [0.29, 0.717) is 50.5 Å². The molecule has 1 saturated carbocycles. The number of hydrogen-bond acceptors (Lipinski definition) is 8. The van der Waals surface area contributed by atoms with Crippen LogP contribution in [0.4, 0.5) is 8.78 Å². The molecule has 0 spiro atoms. The lowest BCUT2D eigenvalue weighted by Gasteiger charge is -2.39. The van der Waals surface area contributed by atoms with Crippen LogP contribution in [0.2, 0.25) is 0 Å². The Bertz CT molecular complexity index is 1690. The lowest BCUT2D eigenvalue weighted by molar-refractivity contribution is -0.158. The van der Waals surface area contributed by atoms with E-state index in [1.807, 2.05) is 6.92 Å². The van der Waals surface area contributed by atoms with E-state index < -0.39 is 95.9 Å². The zero-order valence-electron chi connectivity index (χ0n) is 32.9. The van der Waals surface area contributed by atoms with E-state index in [1.165, 1.54) is 21.6 Å². The van der Waals surface area contributed by atoms with E-state index in [0.717, 1.165) is 44.2 Å². The number of nitrogens with one attached hydrogen (secondary N) is 3. The second-order valence-corrected chi connectivity index (χ2v) is 16.6. The Morgan fingerprint density at radius 3 is 2.21 bits per heavy atom. The Labute approximate surface area is 332 Å². The van der Waals surface area contributed by atoms with Crippen molar-refractivity contribution >= 4 is 41.4 Å². The van der Waals surface area contributed by atoms with E-state index in [1.54, 1.807) is 0 Å². The molecule has 0 radical (unpaired) electrons. The Morgan fingerprint density at radius 2 is 1.47 bits per heavy atom. The van der Waals surface area contributed by atoms with Crippen molar-refractivity contribution in [2.45, 2.75) is 140 Å². The maximum atomic E-state index is 14.5. The molecular formula is C41H56F2N6O8. The number of rotatable bonds is 8. The summed E-state index contributed by atoms with van der Waals surface area (Å²) in [5, 5.41) is 8.13. The second-order valence-electron chi connectivity index (χ2n) is 16.6. The maximum absolute atomic E-state index is 14.5. The van der Waals surface area contributed by atoms with Crippen molar-refractivity contribution in [1.82, 2.24) is 30.7 Å². The van der Waals surface area contributed by atoms with Crippen molar-refractivity contribution in [2.75, 3.05) is 26.2 Å². The molecule has 5 fully saturated rings. The average Bonchev–Trinajstić information content (AvgIpc) is 3.84. The standard InChI is InChI=1S/C41H56F2N6O8/c1-24-17-34-41(56)57-23-31(46-36(51)30(20-27-18-28(42)21-29(43)19-27)45-35(50)14-13-26-9-4-3-5-10-26)39(54)48-16-8-12-33(48)40(55)47-15-7-6-11-32(47)37(52)44-25(2)38(53)49(34)22-24/h18-19,21,24-26,30-34H,3-17,20,22-23H2,1-2H3,(H,44,52)(H,45,50)(H,46,51). The van der Waals surface area contributed by atoms with E-state index in [4.69, 9.17) is 4.74 Å². The lowest BCUT2D eigenvalue weighted by Crippen LogP contribution is -2.62. The average molecular weight is 799 g/mol. The Kier molecular flexibility index (Phi) is 13.8. The van der Waals surface area contributed by atoms with Gasteiger partial charge in [0, 0.05) is 38.5 Å². The van der Waals surface area contributed by atoms with Crippen LogP contribution >= 0.6 is 0 Å². The van der Waals surface area contributed by atoms with Crippen molar-refractivity contribution < 1.29 is 47.1 Å². The number of hydrogen-bond donors (Lipinski definition) is 3. The Balaban J connectivity index is 1.28. The van der Waals surface area contributed by atoms with Gasteiger partial charge in [-0.05, 0) is 81.4 Å². The maximum Gasteiger partial charge on any atom is 0.328 e. The van der Waals surface area contributed by atoms with Gasteiger partial charge in [0.1, 0.15) is 54.5 Å². The largest absolute Gasteiger partial charge is 0.461 e. The molecule has 4 aliphatic heterocycles. The minimum Gasteiger partial charge on any atom is -0.461 e. The van der Waals surface area contributed by atoms with Crippen molar-refractivity contribution in [3.63, 3.8) is 0 Å². The molecular weight excluding hydrogens is 742 g/mol. The van der Waals surface area contributed by atoms with Crippen LogP contribution in [0.3, 0.4) is 0 Å². The van der Waals surface area contributed by atoms with E-state index >= 15 is 0 Å². The number of fused-ring (bicyclic) bond motifs is 3. The van der Waals surface area contributed by atoms with E-state index in [-0.39, 0.29) is 50.4 Å². The molecule has 1 aromatic carbocycles. The first kappa shape index (κ1) is 42.0. The molecule has 3 N–H and O–H groups in total. The summed E-state index contributed by atoms with van der Waals surface area (Å²) in [6, 6.07) is -3.94. The SMILES string of the molecule is CC1CC2C(=O)OCC(NC(=O)C(Cc3cc(F)cc(F)c3)NC(=O)CCC3CCCCC3)C(=O)N3CCCC3C(=O)N3CCCCC3C(=O)NC(C)C(=O)N2C1. The fraction of sp³-hybridized carbons (Fsp3) is 0.683. The van der Waals surface area contributed by atoms with Gasteiger partial charge in [-0.2, -0.15) is 0 Å². The fourth-order valence-electron chi connectivity index (χ4n) is 9.24. The number of esters is 1. The van der Waals surface area contributed by atoms with Crippen LogP contribution in [0.25, 0.3) is 0 Å². The second kappa shape index (κ2) is 18.8. The summed E-state index contributed by atoms with van der Waals surface area (Å²) in [6.07, 6.45) is 8.53. The molecule has 14 nitrogen and oxygen atoms in total. The first-order valence-corrected chi connectivity index (χ1v) is 20.7. The number of carbonyl (C=O) groups is 7. The van der Waals surface area contributed by atoms with Crippen molar-refractivity contribution in [3.05, 3.63) is 35.4 Å². The Morgan fingerprint density at radius 1 is 0.807 bits per heavy atom. The summed E-state index contributed by atoms with van der Waals surface area (Å²) in [5.74, 6) is -5.66. The van der Waals surface area contributed by atoms with Crippen LogP contribution in [-0.2, 0) is 44.7 Å². The first-order valence-electron chi connectivity index (χ1n) is 20.7. The molecule has 16 heteroatoms. The highest BCUT2D eigenvalue weighted by Crippen LogP contribution is 2.29. The van der Waals surface area contributed by atoms with Gasteiger partial charge in [0.25, 0.3) is 0 Å². The molecule has 6 amide bonds. The highest BCUT2D eigenvalue weighted by atomic mass is 19.1. The predicted molar refractivity (Wildman–Crippen MR) is 202 cm³/mol. The third-order valence-electron chi connectivity index (χ3n) is 12.2. The van der Waals surface area contributed by atoms with Gasteiger partial charge in [0.2, 0.25) is 35.4 Å². The quantitative estimate of drug-likeness (QED) is 0.337. The third kappa shape index (κ3) is 10.3. The van der Waals surface area contributed by atoms with Gasteiger partial charge in [-0.1, -0.05) is 39.0 Å². The minimum absolute atomic E-state index is 0.0828. The first-order chi connectivity index (χ1) is 27.3. The highest BCUT2D eigenvalue weighted by Gasteiger charge is 2.46. The van der Waals surface area contributed by atoms with E-state index in [9.17, 15) is 42.3 Å². The molecule has 5 aliphatic rings. The van der Waals surface area contributed by atoms with Crippen LogP contribution in [0.1, 0.15) is 103 Å². The molecule has 4 heterocycles. The molecule has 1 aliphatic carbocycles. The monoisotopic (exact) mass is 798 g/mol. The zero-order chi connectivity index (χ0) is 40.8. The molecule has 0 bridgehead atoms. The van der Waals surface area contributed by atoms with Gasteiger partial charge in [0.15, 0.2) is 0 Å². The van der Waals surface area contributed by atoms with Gasteiger partial charge in [-0.3, -0.25) is 28.8 Å². The molecule has 4 saturated heterocycles. The molecule has 7 atom stereocenters. The van der Waals surface area contributed by atoms with Crippen LogP contribution in [0, 0.1) is 23.5 Å². The number of carbonyl (C=O) groups excluding carboxylic acids is 7. The third-order valence-corrected chi connectivity index (χ3v) is 12.2. The topological polar surface area (TPSA) is 175 Å². The molecule has 312 valence electrons. The van der Waals surface area contributed by atoms with Gasteiger partial charge >= 0.3 is 5.97 Å². The number of cyclic esters (lactones) is 1. The van der Waals surface area contributed by atoms with Crippen LogP contribution < -0.4 is 16.0 Å². The van der Waals surface area contributed by atoms with Gasteiger partial charge in [-0.25, -0.2) is 13.6 Å². The number of ether oxygens (including phenoxy) is 1. The summed E-state index contributed by atoms with van der Waals surface area (Å²) in [4.78, 5) is 101. The normalized spacial score (nSPS) is 28.6. The van der Waals surface area contributed by atoms with Gasteiger partial charge in [-0.15, -0.1) is 0 Å². The summed E-state index contributed by atoms with van der Waals surface area (Å²) >= 11 is 0. The highest BCUT2D eigenvalue weighted by molar-refractivity contribution is 5.97. The summed E-state index contributed by atoms with van der Waals surface area (Å²) in [5.41, 5.74) is 0.0932. The number of amides is 6. The van der Waals surface area contributed by atoms with Crippen molar-refractivity contribution in [1.29, 1.82) is 0 Å². The predicted octanol–water partition coefficient (Wildman–Crippen LogP) is 2.51. The Hall–Kier alpha value is -4.63. The molecule has 7 unspecified atom stereocenters. The number of halogens is 2. The summed E-state index contributed by atoms with van der Waals surface area (Å²) < 4.78 is 34.3. The van der Waals surface area contributed by atoms with Gasteiger partial charge < -0.3 is 35.4 Å². The van der Waals surface area contributed by atoms with E-state index in [2.05, 4.69) is 16.0 Å². The number of nitrogens with zero attached hydrogens (tertiary/aromatic N) is 3. The minimum atomic E-state index is -1.53. The summed E-state index contributed by atoms with van der Waals surface area (Å²) in [6.45, 7) is 3.43. The van der Waals surface area contributed by atoms with Crippen LogP contribution in [0.5, 0.6) is 0 Å². The smallest absolute Gasteiger partial charge is 0.328 e. The van der Waals surface area contributed by atoms with Crippen molar-refractivity contribution in [2.24, 2.45) is 11.8 Å².